The van der Waals surface area contributed by atoms with Gasteiger partial charge >= 0.3 is 6.03 Å². The normalized spacial score (nSPS) is 30.8. The minimum Gasteiger partial charge on any atom is -0.324 e. The Morgan fingerprint density at radius 2 is 1.83 bits per heavy atom. The fourth-order valence-electron chi connectivity index (χ4n) is 4.63. The molecule has 2 fully saturated rings. The standard InChI is InChI=1S/C17H18BrN5O/c18-12-5-6-15-20-21-16(23(15)7-12)19-17(24)22-8-13-10-1-2-11(4-3-10)14(13)9-22/h1-2,5-7,10-11,13-14H,3-4,8-9H2,(H,19,21,24). The predicted molar refractivity (Wildman–Crippen MR) is 93.6 cm³/mol. The van der Waals surface area contributed by atoms with Crippen molar-refractivity contribution in [2.75, 3.05) is 18.4 Å². The molecular weight excluding hydrogens is 370 g/mol. The molecule has 2 aromatic heterocycles. The number of carbonyl (C=O) groups excluding carboxylic acids is 1. The molecule has 2 amide bonds. The number of pyridine rings is 1. The second kappa shape index (κ2) is 5.31. The first kappa shape index (κ1) is 14.5. The maximum atomic E-state index is 12.7. The molecule has 24 heavy (non-hydrogen) atoms. The Hall–Kier alpha value is -1.89. The number of halogens is 1. The Morgan fingerprint density at radius 3 is 2.50 bits per heavy atom. The number of hydrogen-bond acceptors (Lipinski definition) is 3. The summed E-state index contributed by atoms with van der Waals surface area (Å²) in [6.45, 7) is 1.70. The SMILES string of the molecule is O=C(Nc1nnc2ccc(Br)cn12)N1CC2C3C=CC(CC3)C2C1. The van der Waals surface area contributed by atoms with Crippen LogP contribution in [-0.2, 0) is 0 Å². The number of fused-ring (bicyclic) bond motifs is 2. The van der Waals surface area contributed by atoms with E-state index >= 15 is 0 Å². The third kappa shape index (κ3) is 2.17. The smallest absolute Gasteiger partial charge is 0.324 e. The van der Waals surface area contributed by atoms with Crippen LogP contribution in [0.15, 0.2) is 35.0 Å². The number of anilines is 1. The van der Waals surface area contributed by atoms with Crippen molar-refractivity contribution in [1.29, 1.82) is 0 Å². The summed E-state index contributed by atoms with van der Waals surface area (Å²) in [5, 5.41) is 11.1. The molecule has 0 spiro atoms. The van der Waals surface area contributed by atoms with E-state index in [0.717, 1.165) is 17.6 Å². The predicted octanol–water partition coefficient (Wildman–Crippen LogP) is 3.17. The summed E-state index contributed by atoms with van der Waals surface area (Å²) in [7, 11) is 0. The molecule has 4 atom stereocenters. The molecule has 0 aromatic carbocycles. The van der Waals surface area contributed by atoms with Gasteiger partial charge in [-0.3, -0.25) is 9.72 Å². The number of carbonyl (C=O) groups is 1. The van der Waals surface area contributed by atoms with Crippen LogP contribution in [0, 0.1) is 23.7 Å². The summed E-state index contributed by atoms with van der Waals surface area (Å²) in [4.78, 5) is 14.7. The van der Waals surface area contributed by atoms with Gasteiger partial charge in [0.1, 0.15) is 0 Å². The van der Waals surface area contributed by atoms with Gasteiger partial charge in [0, 0.05) is 23.8 Å². The lowest BCUT2D eigenvalue weighted by molar-refractivity contribution is 0.169. The minimum atomic E-state index is -0.0712. The number of nitrogens with one attached hydrogen (secondary N) is 1. The Morgan fingerprint density at radius 1 is 1.12 bits per heavy atom. The number of rotatable bonds is 1. The highest BCUT2D eigenvalue weighted by Crippen LogP contribution is 2.48. The van der Waals surface area contributed by atoms with Crippen molar-refractivity contribution < 1.29 is 4.79 Å². The maximum absolute atomic E-state index is 12.7. The van der Waals surface area contributed by atoms with E-state index in [1.165, 1.54) is 12.8 Å². The number of likely N-dealkylation sites (tertiary alicyclic amines) is 1. The summed E-state index contributed by atoms with van der Waals surface area (Å²) in [6, 6.07) is 3.70. The lowest BCUT2D eigenvalue weighted by Crippen LogP contribution is -2.35. The molecule has 6 rings (SSSR count). The zero-order valence-electron chi connectivity index (χ0n) is 13.1. The van der Waals surface area contributed by atoms with Crippen LogP contribution in [0.3, 0.4) is 0 Å². The number of hydrogen-bond donors (Lipinski definition) is 1. The van der Waals surface area contributed by atoms with E-state index in [9.17, 15) is 4.79 Å². The third-order valence-electron chi connectivity index (χ3n) is 5.82. The van der Waals surface area contributed by atoms with Crippen molar-refractivity contribution in [3.63, 3.8) is 0 Å². The summed E-state index contributed by atoms with van der Waals surface area (Å²) in [5.41, 5.74) is 0.714. The Bertz CT molecular complexity index is 825. The number of nitrogens with zero attached hydrogens (tertiary/aromatic N) is 4. The summed E-state index contributed by atoms with van der Waals surface area (Å²) in [6.07, 6.45) is 9.17. The van der Waals surface area contributed by atoms with Crippen LogP contribution in [0.1, 0.15) is 12.8 Å². The van der Waals surface area contributed by atoms with Crippen molar-refractivity contribution in [3.05, 3.63) is 35.0 Å². The van der Waals surface area contributed by atoms with Crippen LogP contribution >= 0.6 is 15.9 Å². The van der Waals surface area contributed by atoms with Crippen LogP contribution in [-0.4, -0.2) is 38.6 Å². The van der Waals surface area contributed by atoms with Gasteiger partial charge in [-0.05, 0) is 64.6 Å². The fourth-order valence-corrected chi connectivity index (χ4v) is 4.96. The van der Waals surface area contributed by atoms with Gasteiger partial charge in [0.05, 0.1) is 0 Å². The largest absolute Gasteiger partial charge is 0.324 e. The van der Waals surface area contributed by atoms with E-state index in [1.54, 1.807) is 4.40 Å². The van der Waals surface area contributed by atoms with Crippen LogP contribution in [0.2, 0.25) is 0 Å². The zero-order valence-corrected chi connectivity index (χ0v) is 14.7. The maximum Gasteiger partial charge on any atom is 0.324 e. The summed E-state index contributed by atoms with van der Waals surface area (Å²) in [5.74, 6) is 3.03. The molecule has 3 heterocycles. The second-order valence-corrected chi connectivity index (χ2v) is 7.97. The van der Waals surface area contributed by atoms with Gasteiger partial charge in [-0.25, -0.2) is 4.79 Å². The summed E-state index contributed by atoms with van der Waals surface area (Å²) < 4.78 is 2.70. The first-order valence-corrected chi connectivity index (χ1v) is 9.23. The van der Waals surface area contributed by atoms with E-state index in [4.69, 9.17) is 0 Å². The molecule has 6 nitrogen and oxygen atoms in total. The highest BCUT2D eigenvalue weighted by atomic mass is 79.9. The van der Waals surface area contributed by atoms with Crippen LogP contribution in [0.25, 0.3) is 5.65 Å². The quantitative estimate of drug-likeness (QED) is 0.764. The van der Waals surface area contributed by atoms with Crippen LogP contribution < -0.4 is 5.32 Å². The zero-order chi connectivity index (χ0) is 16.3. The van der Waals surface area contributed by atoms with Gasteiger partial charge in [-0.1, -0.05) is 12.2 Å². The van der Waals surface area contributed by atoms with Crippen molar-refractivity contribution in [2.45, 2.75) is 12.8 Å². The molecule has 3 aliphatic carbocycles. The van der Waals surface area contributed by atoms with E-state index in [2.05, 4.69) is 43.6 Å². The Balaban J connectivity index is 1.35. The highest BCUT2D eigenvalue weighted by Gasteiger charge is 2.47. The number of urea groups is 1. The lowest BCUT2D eigenvalue weighted by atomic mass is 9.64. The topological polar surface area (TPSA) is 62.5 Å². The molecule has 0 radical (unpaired) electrons. The first-order chi connectivity index (χ1) is 11.7. The number of aromatic nitrogens is 3. The second-order valence-electron chi connectivity index (χ2n) is 7.05. The summed E-state index contributed by atoms with van der Waals surface area (Å²) >= 11 is 3.44. The van der Waals surface area contributed by atoms with Gasteiger partial charge in [0.25, 0.3) is 0 Å². The van der Waals surface area contributed by atoms with Gasteiger partial charge in [0.15, 0.2) is 5.65 Å². The van der Waals surface area contributed by atoms with Crippen molar-refractivity contribution in [1.82, 2.24) is 19.5 Å². The van der Waals surface area contributed by atoms with Gasteiger partial charge < -0.3 is 4.90 Å². The lowest BCUT2D eigenvalue weighted by Gasteiger charge is -2.40. The molecule has 4 aliphatic rings. The molecule has 4 unspecified atom stereocenters. The third-order valence-corrected chi connectivity index (χ3v) is 6.29. The van der Waals surface area contributed by atoms with Crippen molar-refractivity contribution in [3.8, 4) is 0 Å². The highest BCUT2D eigenvalue weighted by molar-refractivity contribution is 9.10. The van der Waals surface area contributed by atoms with Crippen molar-refractivity contribution >= 4 is 33.6 Å². The minimum absolute atomic E-state index is 0.0712. The average Bonchev–Trinajstić information content (AvgIpc) is 3.22. The van der Waals surface area contributed by atoms with Crippen LogP contribution in [0.5, 0.6) is 0 Å². The van der Waals surface area contributed by atoms with Gasteiger partial charge in [0.2, 0.25) is 5.95 Å². The molecule has 1 N–H and O–H groups in total. The average molecular weight is 388 g/mol. The van der Waals surface area contributed by atoms with E-state index in [1.807, 2.05) is 23.2 Å². The van der Waals surface area contributed by atoms with E-state index < -0.39 is 0 Å². The monoisotopic (exact) mass is 387 g/mol. The molecule has 1 saturated heterocycles. The van der Waals surface area contributed by atoms with E-state index in [0.29, 0.717) is 35.3 Å². The van der Waals surface area contributed by atoms with Crippen LogP contribution in [0.4, 0.5) is 10.7 Å². The molecular formula is C17H18BrN5O. The molecule has 7 heteroatoms. The fraction of sp³-hybridized carbons (Fsp3) is 0.471. The Kier molecular flexibility index (Phi) is 3.20. The first-order valence-electron chi connectivity index (χ1n) is 8.43. The number of allylic oxidation sites excluding steroid dienone is 2. The van der Waals surface area contributed by atoms with Gasteiger partial charge in [-0.15, -0.1) is 10.2 Å². The molecule has 1 aliphatic heterocycles. The van der Waals surface area contributed by atoms with E-state index in [-0.39, 0.29) is 6.03 Å². The molecule has 1 saturated carbocycles. The molecule has 124 valence electrons. The Labute approximate surface area is 148 Å². The number of amides is 2. The molecule has 2 bridgehead atoms. The van der Waals surface area contributed by atoms with Crippen molar-refractivity contribution in [2.24, 2.45) is 23.7 Å². The van der Waals surface area contributed by atoms with Gasteiger partial charge in [-0.2, -0.15) is 0 Å². The molecule has 2 aromatic rings.